The van der Waals surface area contributed by atoms with Crippen LogP contribution in [0.1, 0.15) is 24.8 Å². The van der Waals surface area contributed by atoms with E-state index in [2.05, 4.69) is 15.4 Å². The molecule has 0 amide bonds. The molecule has 0 spiro atoms. The summed E-state index contributed by atoms with van der Waals surface area (Å²) in [6, 6.07) is 4.04. The van der Waals surface area contributed by atoms with E-state index in [1.807, 2.05) is 6.07 Å². The van der Waals surface area contributed by atoms with Crippen molar-refractivity contribution in [3.05, 3.63) is 41.7 Å². The SMILES string of the molecule is N#CC12CC(C(F)(F)C(O)(Cn3ncnn3)c3ccc(F)cc3F)(C1)C2. The van der Waals surface area contributed by atoms with Crippen molar-refractivity contribution in [1.29, 1.82) is 5.26 Å². The number of tetrazole rings is 1. The van der Waals surface area contributed by atoms with Gasteiger partial charge < -0.3 is 5.11 Å². The molecule has 1 unspecified atom stereocenters. The summed E-state index contributed by atoms with van der Waals surface area (Å²) >= 11 is 0. The number of hydrogen-bond donors (Lipinski definition) is 1. The van der Waals surface area contributed by atoms with Gasteiger partial charge >= 0.3 is 0 Å². The van der Waals surface area contributed by atoms with Gasteiger partial charge in [-0.25, -0.2) is 17.6 Å². The Kier molecular flexibility index (Phi) is 3.25. The van der Waals surface area contributed by atoms with E-state index in [4.69, 9.17) is 5.26 Å². The van der Waals surface area contributed by atoms with Crippen molar-refractivity contribution in [3.8, 4) is 6.07 Å². The van der Waals surface area contributed by atoms with Crippen LogP contribution >= 0.6 is 0 Å². The largest absolute Gasteiger partial charge is 0.377 e. The van der Waals surface area contributed by atoms with Crippen LogP contribution in [-0.4, -0.2) is 31.2 Å². The van der Waals surface area contributed by atoms with E-state index in [0.717, 1.165) is 23.3 Å². The molecular formula is C16H13F4N5O. The fourth-order valence-corrected chi connectivity index (χ4v) is 4.32. The smallest absolute Gasteiger partial charge is 0.287 e. The zero-order valence-electron chi connectivity index (χ0n) is 13.3. The van der Waals surface area contributed by atoms with Gasteiger partial charge in [0.05, 0.1) is 11.5 Å². The van der Waals surface area contributed by atoms with E-state index < -0.39 is 46.1 Å². The Morgan fingerprint density at radius 2 is 1.96 bits per heavy atom. The maximum absolute atomic E-state index is 15.5. The van der Waals surface area contributed by atoms with Crippen LogP contribution in [0.5, 0.6) is 0 Å². The first-order chi connectivity index (χ1) is 12.2. The van der Waals surface area contributed by atoms with E-state index >= 15 is 8.78 Å². The van der Waals surface area contributed by atoms with Crippen LogP contribution < -0.4 is 0 Å². The molecule has 1 N–H and O–H groups in total. The molecule has 3 aliphatic rings. The Morgan fingerprint density at radius 3 is 2.50 bits per heavy atom. The molecule has 26 heavy (non-hydrogen) atoms. The van der Waals surface area contributed by atoms with Gasteiger partial charge in [-0.15, -0.1) is 10.2 Å². The fraction of sp³-hybridized carbons (Fsp3) is 0.500. The summed E-state index contributed by atoms with van der Waals surface area (Å²) in [6.07, 6.45) is 0.740. The number of hydrogen-bond acceptors (Lipinski definition) is 5. The molecule has 136 valence electrons. The van der Waals surface area contributed by atoms with Gasteiger partial charge in [0, 0.05) is 17.0 Å². The van der Waals surface area contributed by atoms with Crippen LogP contribution in [0.2, 0.25) is 0 Å². The lowest BCUT2D eigenvalue weighted by molar-refractivity contribution is -0.356. The number of aliphatic hydroxyl groups is 1. The van der Waals surface area contributed by atoms with Gasteiger partial charge in [0.15, 0.2) is 11.9 Å². The number of benzene rings is 1. The average molecular weight is 367 g/mol. The molecule has 0 saturated heterocycles. The molecule has 0 radical (unpaired) electrons. The Bertz CT molecular complexity index is 890. The number of alkyl halides is 2. The normalized spacial score (nSPS) is 29.2. The number of nitriles is 1. The summed E-state index contributed by atoms with van der Waals surface area (Å²) in [7, 11) is 0. The lowest BCUT2D eigenvalue weighted by Crippen LogP contribution is -2.74. The minimum atomic E-state index is -3.80. The Labute approximate surface area is 145 Å². The highest BCUT2D eigenvalue weighted by atomic mass is 19.3. The van der Waals surface area contributed by atoms with E-state index in [9.17, 15) is 13.9 Å². The lowest BCUT2D eigenvalue weighted by Gasteiger charge is -2.70. The Balaban J connectivity index is 1.80. The molecule has 0 aliphatic heterocycles. The lowest BCUT2D eigenvalue weighted by atomic mass is 9.32. The van der Waals surface area contributed by atoms with Gasteiger partial charge in [0.1, 0.15) is 18.2 Å². The van der Waals surface area contributed by atoms with E-state index in [-0.39, 0.29) is 19.3 Å². The highest BCUT2D eigenvalue weighted by Crippen LogP contribution is 2.80. The van der Waals surface area contributed by atoms with Crippen molar-refractivity contribution in [2.75, 3.05) is 0 Å². The number of nitrogens with zero attached hydrogens (tertiary/aromatic N) is 5. The quantitative estimate of drug-likeness (QED) is 0.819. The van der Waals surface area contributed by atoms with Gasteiger partial charge in [-0.2, -0.15) is 10.1 Å². The molecule has 2 aromatic rings. The third-order valence-corrected chi connectivity index (χ3v) is 5.59. The van der Waals surface area contributed by atoms with Gasteiger partial charge in [0.25, 0.3) is 5.92 Å². The predicted molar refractivity (Wildman–Crippen MR) is 77.3 cm³/mol. The van der Waals surface area contributed by atoms with Gasteiger partial charge in [-0.1, -0.05) is 0 Å². The summed E-state index contributed by atoms with van der Waals surface area (Å²) in [5, 5.41) is 30.6. The number of halogens is 4. The molecular weight excluding hydrogens is 354 g/mol. The molecule has 1 heterocycles. The summed E-state index contributed by atoms with van der Waals surface area (Å²) < 4.78 is 58.5. The van der Waals surface area contributed by atoms with E-state index in [0.29, 0.717) is 6.07 Å². The fourth-order valence-electron chi connectivity index (χ4n) is 4.32. The minimum Gasteiger partial charge on any atom is -0.377 e. The van der Waals surface area contributed by atoms with Crippen molar-refractivity contribution in [3.63, 3.8) is 0 Å². The molecule has 3 fully saturated rings. The summed E-state index contributed by atoms with van der Waals surface area (Å²) in [5.74, 6) is -6.05. The highest BCUT2D eigenvalue weighted by molar-refractivity contribution is 5.36. The first kappa shape index (κ1) is 16.9. The van der Waals surface area contributed by atoms with Crippen molar-refractivity contribution < 1.29 is 22.7 Å². The molecule has 3 aliphatic carbocycles. The van der Waals surface area contributed by atoms with Crippen LogP contribution in [-0.2, 0) is 12.1 Å². The topological polar surface area (TPSA) is 87.6 Å². The third kappa shape index (κ3) is 1.97. The molecule has 6 nitrogen and oxygen atoms in total. The standard InChI is InChI=1S/C16H13F4N5O/c17-10-1-2-11(12(18)3-10)15(26,8-25-23-9-22-24-25)16(19,20)14-4-13(5-14,6-14)7-21/h1-3,9,26H,4-6,8H2. The van der Waals surface area contributed by atoms with Gasteiger partial charge in [-0.3, -0.25) is 0 Å². The van der Waals surface area contributed by atoms with Crippen molar-refractivity contribution in [2.24, 2.45) is 10.8 Å². The number of aromatic nitrogens is 4. The van der Waals surface area contributed by atoms with Crippen LogP contribution in [0.3, 0.4) is 0 Å². The Hall–Kier alpha value is -2.54. The zero-order chi connectivity index (χ0) is 18.8. The molecule has 1 atom stereocenters. The highest BCUT2D eigenvalue weighted by Gasteiger charge is 2.82. The van der Waals surface area contributed by atoms with Crippen molar-refractivity contribution >= 4 is 0 Å². The molecule has 2 bridgehead atoms. The Morgan fingerprint density at radius 1 is 1.27 bits per heavy atom. The molecule has 1 aromatic carbocycles. The van der Waals surface area contributed by atoms with Crippen molar-refractivity contribution in [1.82, 2.24) is 20.2 Å². The minimum absolute atomic E-state index is 0.0839. The maximum Gasteiger partial charge on any atom is 0.287 e. The van der Waals surface area contributed by atoms with Gasteiger partial charge in [0.2, 0.25) is 0 Å². The molecule has 10 heteroatoms. The second-order valence-electron chi connectivity index (χ2n) is 7.23. The molecule has 1 aromatic heterocycles. The predicted octanol–water partition coefficient (Wildman–Crippen LogP) is 2.17. The summed E-state index contributed by atoms with van der Waals surface area (Å²) in [4.78, 5) is 0.724. The first-order valence-corrected chi connectivity index (χ1v) is 7.85. The van der Waals surface area contributed by atoms with Crippen LogP contribution in [0.15, 0.2) is 24.5 Å². The number of rotatable bonds is 5. The van der Waals surface area contributed by atoms with E-state index in [1.165, 1.54) is 0 Å². The van der Waals surface area contributed by atoms with Crippen LogP contribution in [0.25, 0.3) is 0 Å². The zero-order valence-corrected chi connectivity index (χ0v) is 13.3. The van der Waals surface area contributed by atoms with Crippen LogP contribution in [0, 0.1) is 33.8 Å². The van der Waals surface area contributed by atoms with Crippen LogP contribution in [0.4, 0.5) is 17.6 Å². The summed E-state index contributed by atoms with van der Waals surface area (Å²) in [6.45, 7) is -0.871. The third-order valence-electron chi connectivity index (χ3n) is 5.59. The van der Waals surface area contributed by atoms with Crippen molar-refractivity contribution in [2.45, 2.75) is 37.3 Å². The second-order valence-corrected chi connectivity index (χ2v) is 7.23. The monoisotopic (exact) mass is 367 g/mol. The van der Waals surface area contributed by atoms with E-state index in [1.54, 1.807) is 0 Å². The average Bonchev–Trinajstić information content (AvgIpc) is 2.97. The maximum atomic E-state index is 15.5. The molecule has 3 saturated carbocycles. The summed E-state index contributed by atoms with van der Waals surface area (Å²) in [5.41, 5.74) is -6.19. The second kappa shape index (κ2) is 5.01. The first-order valence-electron chi connectivity index (χ1n) is 7.85. The van der Waals surface area contributed by atoms with Gasteiger partial charge in [-0.05, 0) is 36.6 Å². The molecule has 5 rings (SSSR count).